The zero-order valence-electron chi connectivity index (χ0n) is 8.64. The Balaban J connectivity index is 2.12. The van der Waals surface area contributed by atoms with Gasteiger partial charge >= 0.3 is 5.97 Å². The summed E-state index contributed by atoms with van der Waals surface area (Å²) in [4.78, 5) is 11.7. The van der Waals surface area contributed by atoms with Crippen LogP contribution in [0.5, 0.6) is 0 Å². The van der Waals surface area contributed by atoms with Crippen LogP contribution in [0.2, 0.25) is 0 Å². The van der Waals surface area contributed by atoms with Crippen molar-refractivity contribution in [3.05, 3.63) is 0 Å². The van der Waals surface area contributed by atoms with E-state index in [1.807, 2.05) is 0 Å². The van der Waals surface area contributed by atoms with Crippen molar-refractivity contribution < 1.29 is 9.53 Å². The van der Waals surface area contributed by atoms with Gasteiger partial charge in [0.25, 0.3) is 0 Å². The number of methoxy groups -OCH3 is 1. The largest absolute Gasteiger partial charge is 0.469 e. The van der Waals surface area contributed by atoms with Crippen molar-refractivity contribution in [2.45, 2.75) is 38.5 Å². The van der Waals surface area contributed by atoms with Crippen molar-refractivity contribution in [2.75, 3.05) is 13.0 Å². The highest BCUT2D eigenvalue weighted by molar-refractivity contribution is 6.18. The first-order chi connectivity index (χ1) is 6.66. The Hall–Kier alpha value is -0.240. The lowest BCUT2D eigenvalue weighted by Crippen LogP contribution is -2.47. The molecule has 2 bridgehead atoms. The monoisotopic (exact) mass is 216 g/mol. The molecule has 3 saturated carbocycles. The molecule has 80 valence electrons. The lowest BCUT2D eigenvalue weighted by atomic mass is 9.54. The van der Waals surface area contributed by atoms with E-state index in [4.69, 9.17) is 16.3 Å². The molecule has 2 nitrogen and oxygen atoms in total. The summed E-state index contributed by atoms with van der Waals surface area (Å²) in [6.07, 6.45) is 6.24. The zero-order valence-corrected chi connectivity index (χ0v) is 9.40. The molecule has 0 atom stereocenters. The van der Waals surface area contributed by atoms with Crippen molar-refractivity contribution in [3.63, 3.8) is 0 Å². The van der Waals surface area contributed by atoms with Gasteiger partial charge < -0.3 is 4.74 Å². The molecule has 0 radical (unpaired) electrons. The van der Waals surface area contributed by atoms with Crippen LogP contribution in [-0.4, -0.2) is 19.0 Å². The molecule has 0 N–H and O–H groups in total. The first-order valence-electron chi connectivity index (χ1n) is 5.31. The van der Waals surface area contributed by atoms with Gasteiger partial charge in [-0.1, -0.05) is 0 Å². The Labute approximate surface area is 90.0 Å². The molecule has 3 aliphatic rings. The lowest BCUT2D eigenvalue weighted by Gasteiger charge is -2.51. The van der Waals surface area contributed by atoms with Crippen LogP contribution in [0.3, 0.4) is 0 Å². The van der Waals surface area contributed by atoms with E-state index >= 15 is 0 Å². The normalized spacial score (nSPS) is 41.0. The second kappa shape index (κ2) is 3.41. The molecule has 0 amide bonds. The minimum Gasteiger partial charge on any atom is -0.469 e. The average Bonchev–Trinajstić information content (AvgIpc) is 2.30. The minimum atomic E-state index is -0.150. The lowest BCUT2D eigenvalue weighted by molar-refractivity contribution is -0.161. The average molecular weight is 217 g/mol. The first-order valence-corrected chi connectivity index (χ1v) is 5.84. The Morgan fingerprint density at radius 1 is 1.21 bits per heavy atom. The van der Waals surface area contributed by atoms with E-state index in [1.165, 1.54) is 7.11 Å². The van der Waals surface area contributed by atoms with Gasteiger partial charge in [0.05, 0.1) is 12.5 Å². The number of rotatable bonds is 2. The summed E-state index contributed by atoms with van der Waals surface area (Å²) in [6, 6.07) is 0. The van der Waals surface area contributed by atoms with Gasteiger partial charge in [0.2, 0.25) is 0 Å². The van der Waals surface area contributed by atoms with Gasteiger partial charge in [0, 0.05) is 5.88 Å². The van der Waals surface area contributed by atoms with Crippen LogP contribution >= 0.6 is 11.6 Å². The maximum absolute atomic E-state index is 11.7. The van der Waals surface area contributed by atoms with E-state index in [9.17, 15) is 4.79 Å². The fourth-order valence-electron chi connectivity index (χ4n) is 2.99. The van der Waals surface area contributed by atoms with Gasteiger partial charge in [-0.05, 0) is 43.9 Å². The standard InChI is InChI=1S/C11H17ClO2/c1-14-9(13)11-5-2-10(8-12,3-6-11)4-7-11/h2-8H2,1H3. The highest BCUT2D eigenvalue weighted by Crippen LogP contribution is 2.57. The van der Waals surface area contributed by atoms with Gasteiger partial charge in [-0.2, -0.15) is 0 Å². The van der Waals surface area contributed by atoms with Crippen LogP contribution in [0.15, 0.2) is 0 Å². The predicted octanol–water partition coefficient (Wildman–Crippen LogP) is 2.74. The third kappa shape index (κ3) is 1.35. The van der Waals surface area contributed by atoms with Gasteiger partial charge in [0.15, 0.2) is 0 Å². The molecular formula is C11H17ClO2. The number of esters is 1. The minimum absolute atomic E-state index is 0.000345. The molecule has 0 aliphatic heterocycles. The van der Waals surface area contributed by atoms with Crippen LogP contribution in [0, 0.1) is 10.8 Å². The van der Waals surface area contributed by atoms with E-state index < -0.39 is 0 Å². The fraction of sp³-hybridized carbons (Fsp3) is 0.909. The molecule has 0 aromatic rings. The van der Waals surface area contributed by atoms with Crippen molar-refractivity contribution in [3.8, 4) is 0 Å². The molecule has 0 aromatic heterocycles. The molecule has 3 rings (SSSR count). The smallest absolute Gasteiger partial charge is 0.311 e. The zero-order chi connectivity index (χ0) is 10.2. The number of alkyl halides is 1. The van der Waals surface area contributed by atoms with Crippen LogP contribution in [-0.2, 0) is 9.53 Å². The molecule has 3 fully saturated rings. The molecule has 0 saturated heterocycles. The topological polar surface area (TPSA) is 26.3 Å². The van der Waals surface area contributed by atoms with Crippen molar-refractivity contribution in [2.24, 2.45) is 10.8 Å². The van der Waals surface area contributed by atoms with Crippen LogP contribution in [0.4, 0.5) is 0 Å². The van der Waals surface area contributed by atoms with Crippen LogP contribution < -0.4 is 0 Å². The first kappa shape index (κ1) is 10.3. The number of fused-ring (bicyclic) bond motifs is 3. The quantitative estimate of drug-likeness (QED) is 0.524. The van der Waals surface area contributed by atoms with E-state index in [1.54, 1.807) is 0 Å². The molecule has 0 aromatic carbocycles. The Morgan fingerprint density at radius 3 is 2.07 bits per heavy atom. The highest BCUT2D eigenvalue weighted by atomic mass is 35.5. The third-order valence-corrected chi connectivity index (χ3v) is 4.87. The maximum Gasteiger partial charge on any atom is 0.311 e. The Morgan fingerprint density at radius 2 is 1.71 bits per heavy atom. The summed E-state index contributed by atoms with van der Waals surface area (Å²) < 4.78 is 4.90. The van der Waals surface area contributed by atoms with E-state index in [-0.39, 0.29) is 11.4 Å². The summed E-state index contributed by atoms with van der Waals surface area (Å²) >= 11 is 6.00. The second-order valence-corrected chi connectivity index (χ2v) is 5.17. The summed E-state index contributed by atoms with van der Waals surface area (Å²) in [7, 11) is 1.50. The van der Waals surface area contributed by atoms with Gasteiger partial charge in [0.1, 0.15) is 0 Å². The van der Waals surface area contributed by atoms with Crippen molar-refractivity contribution in [1.82, 2.24) is 0 Å². The molecular weight excluding hydrogens is 200 g/mol. The van der Waals surface area contributed by atoms with Crippen molar-refractivity contribution in [1.29, 1.82) is 0 Å². The SMILES string of the molecule is COC(=O)C12CCC(CCl)(CC1)CC2. The predicted molar refractivity (Wildman–Crippen MR) is 55.3 cm³/mol. The number of halogens is 1. The molecule has 14 heavy (non-hydrogen) atoms. The summed E-state index contributed by atoms with van der Waals surface area (Å²) in [6.45, 7) is 0. The van der Waals surface area contributed by atoms with Crippen molar-refractivity contribution >= 4 is 17.6 Å². The number of hydrogen-bond donors (Lipinski definition) is 0. The Kier molecular flexibility index (Phi) is 2.50. The summed E-state index contributed by atoms with van der Waals surface area (Å²) in [5, 5.41) is 0. The number of ether oxygens (including phenoxy) is 1. The summed E-state index contributed by atoms with van der Waals surface area (Å²) in [5.74, 6) is 0.755. The second-order valence-electron chi connectivity index (χ2n) is 4.91. The maximum atomic E-state index is 11.7. The summed E-state index contributed by atoms with van der Waals surface area (Å²) in [5.41, 5.74) is 0.194. The Bertz CT molecular complexity index is 225. The van der Waals surface area contributed by atoms with Gasteiger partial charge in [-0.3, -0.25) is 4.79 Å². The highest BCUT2D eigenvalue weighted by Gasteiger charge is 2.52. The van der Waals surface area contributed by atoms with Gasteiger partial charge in [-0.25, -0.2) is 0 Å². The third-order valence-electron chi connectivity index (χ3n) is 4.30. The van der Waals surface area contributed by atoms with Gasteiger partial charge in [-0.15, -0.1) is 11.6 Å². The number of hydrogen-bond acceptors (Lipinski definition) is 2. The molecule has 0 spiro atoms. The molecule has 0 unspecified atom stereocenters. The number of carbonyl (C=O) groups is 1. The molecule has 3 aliphatic carbocycles. The van der Waals surface area contributed by atoms with E-state index in [0.29, 0.717) is 5.41 Å². The van der Waals surface area contributed by atoms with Crippen LogP contribution in [0.25, 0.3) is 0 Å². The number of carbonyl (C=O) groups excluding carboxylic acids is 1. The molecule has 0 heterocycles. The van der Waals surface area contributed by atoms with E-state index in [0.717, 1.165) is 44.4 Å². The molecule has 3 heteroatoms. The van der Waals surface area contributed by atoms with E-state index in [2.05, 4.69) is 0 Å². The fourth-order valence-corrected chi connectivity index (χ4v) is 3.39. The van der Waals surface area contributed by atoms with Crippen LogP contribution in [0.1, 0.15) is 38.5 Å².